The highest BCUT2D eigenvalue weighted by atomic mass is 16.5. The van der Waals surface area contributed by atoms with Crippen molar-refractivity contribution in [2.75, 3.05) is 75.9 Å². The minimum Gasteiger partial charge on any atom is -0.379 e. The van der Waals surface area contributed by atoms with Crippen LogP contribution >= 0.6 is 0 Å². The van der Waals surface area contributed by atoms with Gasteiger partial charge in [-0.05, 0) is 6.92 Å². The predicted octanol–water partition coefficient (Wildman–Crippen LogP) is 0.116. The first kappa shape index (κ1) is 19.7. The van der Waals surface area contributed by atoms with Crippen LogP contribution in [0.15, 0.2) is 17.1 Å². The number of morpholine rings is 2. The number of nitrogens with one attached hydrogen (secondary N) is 2. The topological polar surface area (TPSA) is 108 Å². The SMILES string of the molecule is Cc1nc(N2CCOCC2)ncc1-c1cc(=O)[nH]c(NCCN2CCOCC2)n1. The first-order chi connectivity index (χ1) is 14.2. The normalized spacial score (nSPS) is 18.0. The summed E-state index contributed by atoms with van der Waals surface area (Å²) in [5.41, 5.74) is 1.90. The lowest BCUT2D eigenvalue weighted by atomic mass is 10.2. The van der Waals surface area contributed by atoms with Crippen LogP contribution in [0.25, 0.3) is 11.3 Å². The molecule has 0 atom stereocenters. The Kier molecular flexibility index (Phi) is 6.33. The van der Waals surface area contributed by atoms with E-state index in [1.807, 2.05) is 6.92 Å². The van der Waals surface area contributed by atoms with Gasteiger partial charge in [0.15, 0.2) is 0 Å². The molecule has 10 heteroatoms. The van der Waals surface area contributed by atoms with Crippen molar-refractivity contribution in [1.82, 2.24) is 24.8 Å². The number of aryl methyl sites for hydroxylation is 1. The lowest BCUT2D eigenvalue weighted by Crippen LogP contribution is -2.39. The van der Waals surface area contributed by atoms with Crippen molar-refractivity contribution >= 4 is 11.9 Å². The van der Waals surface area contributed by atoms with E-state index in [1.165, 1.54) is 6.07 Å². The van der Waals surface area contributed by atoms with Gasteiger partial charge in [-0.3, -0.25) is 14.7 Å². The molecular formula is C19H27N7O3. The average Bonchev–Trinajstić information content (AvgIpc) is 2.75. The highest BCUT2D eigenvalue weighted by Crippen LogP contribution is 2.21. The fourth-order valence-corrected chi connectivity index (χ4v) is 3.46. The van der Waals surface area contributed by atoms with E-state index in [1.54, 1.807) is 6.20 Å². The van der Waals surface area contributed by atoms with Crippen LogP contribution in [-0.2, 0) is 9.47 Å². The largest absolute Gasteiger partial charge is 0.379 e. The number of nitrogens with zero attached hydrogens (tertiary/aromatic N) is 5. The summed E-state index contributed by atoms with van der Waals surface area (Å²) in [6, 6.07) is 1.48. The van der Waals surface area contributed by atoms with Crippen LogP contribution < -0.4 is 15.8 Å². The highest BCUT2D eigenvalue weighted by molar-refractivity contribution is 5.62. The molecule has 2 fully saturated rings. The summed E-state index contributed by atoms with van der Waals surface area (Å²) in [6.07, 6.45) is 1.74. The van der Waals surface area contributed by atoms with Gasteiger partial charge >= 0.3 is 0 Å². The number of rotatable bonds is 6. The number of hydrogen-bond acceptors (Lipinski definition) is 9. The Balaban J connectivity index is 1.45. The third kappa shape index (κ3) is 5.08. The number of aromatic nitrogens is 4. The molecule has 2 aliphatic heterocycles. The summed E-state index contributed by atoms with van der Waals surface area (Å²) >= 11 is 0. The van der Waals surface area contributed by atoms with Gasteiger partial charge in [-0.1, -0.05) is 0 Å². The summed E-state index contributed by atoms with van der Waals surface area (Å²) in [4.78, 5) is 33.0. The third-order valence-corrected chi connectivity index (χ3v) is 5.10. The Morgan fingerprint density at radius 2 is 1.83 bits per heavy atom. The van der Waals surface area contributed by atoms with Gasteiger partial charge in [0.05, 0.1) is 37.8 Å². The molecule has 0 spiro atoms. The third-order valence-electron chi connectivity index (χ3n) is 5.10. The second-order valence-electron chi connectivity index (χ2n) is 7.13. The van der Waals surface area contributed by atoms with Crippen molar-refractivity contribution in [2.24, 2.45) is 0 Å². The van der Waals surface area contributed by atoms with Crippen LogP contribution in [0.2, 0.25) is 0 Å². The summed E-state index contributed by atoms with van der Waals surface area (Å²) in [6.45, 7) is 9.78. The Morgan fingerprint density at radius 3 is 2.55 bits per heavy atom. The second kappa shape index (κ2) is 9.29. The molecule has 2 aliphatic rings. The first-order valence-corrected chi connectivity index (χ1v) is 10.0. The van der Waals surface area contributed by atoms with Crippen molar-refractivity contribution < 1.29 is 9.47 Å². The molecule has 0 aromatic carbocycles. The van der Waals surface area contributed by atoms with Crippen molar-refractivity contribution in [3.05, 3.63) is 28.3 Å². The number of hydrogen-bond donors (Lipinski definition) is 2. The van der Waals surface area contributed by atoms with Gasteiger partial charge < -0.3 is 19.7 Å². The minimum atomic E-state index is -0.208. The Bertz CT molecular complexity index is 876. The fourth-order valence-electron chi connectivity index (χ4n) is 3.46. The van der Waals surface area contributed by atoms with Gasteiger partial charge in [0, 0.05) is 57.1 Å². The van der Waals surface area contributed by atoms with Gasteiger partial charge in [-0.25, -0.2) is 15.0 Å². The molecule has 0 aliphatic carbocycles. The number of H-pyrrole nitrogens is 1. The zero-order chi connectivity index (χ0) is 20.1. The molecule has 2 aromatic heterocycles. The van der Waals surface area contributed by atoms with Crippen LogP contribution in [0.4, 0.5) is 11.9 Å². The molecule has 0 radical (unpaired) electrons. The van der Waals surface area contributed by atoms with E-state index in [0.717, 1.165) is 57.2 Å². The lowest BCUT2D eigenvalue weighted by Gasteiger charge is -2.27. The zero-order valence-corrected chi connectivity index (χ0v) is 16.7. The lowest BCUT2D eigenvalue weighted by molar-refractivity contribution is 0.0398. The maximum absolute atomic E-state index is 12.1. The van der Waals surface area contributed by atoms with Crippen LogP contribution in [0.1, 0.15) is 5.69 Å². The van der Waals surface area contributed by atoms with Crippen molar-refractivity contribution in [3.8, 4) is 11.3 Å². The molecule has 4 rings (SSSR count). The summed E-state index contributed by atoms with van der Waals surface area (Å²) < 4.78 is 10.7. The summed E-state index contributed by atoms with van der Waals surface area (Å²) in [5, 5.41) is 3.21. The van der Waals surface area contributed by atoms with Gasteiger partial charge in [0.2, 0.25) is 11.9 Å². The smallest absolute Gasteiger partial charge is 0.252 e. The molecule has 2 N–H and O–H groups in total. The van der Waals surface area contributed by atoms with Crippen molar-refractivity contribution in [2.45, 2.75) is 6.92 Å². The van der Waals surface area contributed by atoms with Gasteiger partial charge in [0.1, 0.15) is 0 Å². The Morgan fingerprint density at radius 1 is 1.10 bits per heavy atom. The van der Waals surface area contributed by atoms with Crippen LogP contribution in [0.3, 0.4) is 0 Å². The highest BCUT2D eigenvalue weighted by Gasteiger charge is 2.16. The van der Waals surface area contributed by atoms with E-state index < -0.39 is 0 Å². The van der Waals surface area contributed by atoms with Crippen LogP contribution in [0.5, 0.6) is 0 Å². The van der Waals surface area contributed by atoms with Crippen LogP contribution in [0, 0.1) is 6.92 Å². The second-order valence-corrected chi connectivity index (χ2v) is 7.13. The number of ether oxygens (including phenoxy) is 2. The minimum absolute atomic E-state index is 0.208. The molecule has 0 unspecified atom stereocenters. The average molecular weight is 401 g/mol. The zero-order valence-electron chi connectivity index (χ0n) is 16.7. The fraction of sp³-hybridized carbons (Fsp3) is 0.579. The maximum atomic E-state index is 12.1. The van der Waals surface area contributed by atoms with E-state index >= 15 is 0 Å². The number of anilines is 2. The first-order valence-electron chi connectivity index (χ1n) is 10.0. The quantitative estimate of drug-likeness (QED) is 0.697. The van der Waals surface area contributed by atoms with Crippen molar-refractivity contribution in [1.29, 1.82) is 0 Å². The van der Waals surface area contributed by atoms with Gasteiger partial charge in [-0.2, -0.15) is 0 Å². The van der Waals surface area contributed by atoms with E-state index in [4.69, 9.17) is 9.47 Å². The van der Waals surface area contributed by atoms with E-state index in [0.29, 0.717) is 37.3 Å². The molecule has 2 saturated heterocycles. The van der Waals surface area contributed by atoms with Crippen LogP contribution in [-0.4, -0.2) is 90.5 Å². The molecule has 0 bridgehead atoms. The maximum Gasteiger partial charge on any atom is 0.252 e. The van der Waals surface area contributed by atoms with E-state index in [9.17, 15) is 4.79 Å². The molecule has 4 heterocycles. The van der Waals surface area contributed by atoms with E-state index in [-0.39, 0.29) is 5.56 Å². The molecule has 2 aromatic rings. The standard InChI is InChI=1S/C19H27N7O3/c1-14-15(13-21-19(22-14)26-6-10-29-11-7-26)16-12-17(27)24-18(23-16)20-2-3-25-4-8-28-9-5-25/h12-13H,2-11H2,1H3,(H2,20,23,24,27). The molecule has 0 saturated carbocycles. The predicted molar refractivity (Wildman–Crippen MR) is 109 cm³/mol. The Hall–Kier alpha value is -2.56. The number of aromatic amines is 1. The van der Waals surface area contributed by atoms with E-state index in [2.05, 4.69) is 35.1 Å². The van der Waals surface area contributed by atoms with Gasteiger partial charge in [0.25, 0.3) is 5.56 Å². The molecule has 10 nitrogen and oxygen atoms in total. The van der Waals surface area contributed by atoms with Gasteiger partial charge in [-0.15, -0.1) is 0 Å². The monoisotopic (exact) mass is 401 g/mol. The summed E-state index contributed by atoms with van der Waals surface area (Å²) in [5.74, 6) is 1.14. The molecule has 156 valence electrons. The molecule has 0 amide bonds. The molecular weight excluding hydrogens is 374 g/mol. The Labute approximate surface area is 169 Å². The summed E-state index contributed by atoms with van der Waals surface area (Å²) in [7, 11) is 0. The van der Waals surface area contributed by atoms with Crippen molar-refractivity contribution in [3.63, 3.8) is 0 Å². The molecule has 29 heavy (non-hydrogen) atoms.